The van der Waals surface area contributed by atoms with Gasteiger partial charge in [-0.15, -0.1) is 5.10 Å². The van der Waals surface area contributed by atoms with Gasteiger partial charge in [0.05, 0.1) is 4.90 Å². The van der Waals surface area contributed by atoms with Crippen LogP contribution < -0.4 is 5.48 Å². The number of benzene rings is 1. The van der Waals surface area contributed by atoms with Crippen molar-refractivity contribution < 1.29 is 28.1 Å². The lowest BCUT2D eigenvalue weighted by Crippen LogP contribution is -2.54. The zero-order chi connectivity index (χ0) is 17.4. The standard InChI is InChI=1S/C13H15N3O6S/c1-8(17)22-16-12(18)13(2,15-19)11(14-16)9-4-6-10(7-5-9)23(3,20)21/h4-7,15,19H,1-3H3. The second-order valence-electron chi connectivity index (χ2n) is 5.14. The first kappa shape index (κ1) is 17.1. The number of nitrogens with one attached hydrogen (secondary N) is 1. The smallest absolute Gasteiger partial charge is 0.316 e. The fourth-order valence-electron chi connectivity index (χ4n) is 2.02. The van der Waals surface area contributed by atoms with E-state index in [-0.39, 0.29) is 10.6 Å². The summed E-state index contributed by atoms with van der Waals surface area (Å²) < 4.78 is 22.9. The van der Waals surface area contributed by atoms with Crippen molar-refractivity contribution in [1.29, 1.82) is 0 Å². The summed E-state index contributed by atoms with van der Waals surface area (Å²) >= 11 is 0. The Morgan fingerprint density at radius 3 is 2.35 bits per heavy atom. The molecule has 9 nitrogen and oxygen atoms in total. The van der Waals surface area contributed by atoms with Crippen LogP contribution in [-0.4, -0.2) is 48.2 Å². The number of nitrogens with zero attached hydrogens (tertiary/aromatic N) is 2. The monoisotopic (exact) mass is 341 g/mol. The van der Waals surface area contributed by atoms with Gasteiger partial charge in [-0.05, 0) is 24.2 Å². The van der Waals surface area contributed by atoms with Crippen LogP contribution in [0.25, 0.3) is 0 Å². The number of rotatable bonds is 4. The first-order valence-corrected chi connectivity index (χ1v) is 8.32. The van der Waals surface area contributed by atoms with E-state index in [4.69, 9.17) is 0 Å². The first-order chi connectivity index (χ1) is 10.6. The van der Waals surface area contributed by atoms with Crippen molar-refractivity contribution in [2.75, 3.05) is 6.26 Å². The lowest BCUT2D eigenvalue weighted by atomic mass is 9.91. The fourth-order valence-corrected chi connectivity index (χ4v) is 2.65. The third-order valence-electron chi connectivity index (χ3n) is 3.26. The van der Waals surface area contributed by atoms with E-state index in [0.29, 0.717) is 10.7 Å². The number of amides is 1. The fraction of sp³-hybridized carbons (Fsp3) is 0.308. The molecule has 1 atom stereocenters. The summed E-state index contributed by atoms with van der Waals surface area (Å²) in [5.74, 6) is -1.55. The molecular formula is C13H15N3O6S. The Morgan fingerprint density at radius 1 is 1.35 bits per heavy atom. The predicted octanol–water partition coefficient (Wildman–Crippen LogP) is -0.148. The van der Waals surface area contributed by atoms with Crippen molar-refractivity contribution in [3.8, 4) is 0 Å². The highest BCUT2D eigenvalue weighted by Crippen LogP contribution is 2.25. The molecule has 0 aliphatic carbocycles. The van der Waals surface area contributed by atoms with Crippen molar-refractivity contribution in [1.82, 2.24) is 10.7 Å². The number of hydrazone groups is 1. The van der Waals surface area contributed by atoms with E-state index < -0.39 is 27.3 Å². The average Bonchev–Trinajstić information content (AvgIpc) is 2.71. The molecule has 10 heteroatoms. The summed E-state index contributed by atoms with van der Waals surface area (Å²) in [6, 6.07) is 5.58. The quantitative estimate of drug-likeness (QED) is 0.730. The van der Waals surface area contributed by atoms with E-state index in [1.54, 1.807) is 0 Å². The second-order valence-corrected chi connectivity index (χ2v) is 7.16. The summed E-state index contributed by atoms with van der Waals surface area (Å²) in [7, 11) is -3.37. The molecule has 1 amide bonds. The van der Waals surface area contributed by atoms with Crippen LogP contribution in [0.2, 0.25) is 0 Å². The van der Waals surface area contributed by atoms with Gasteiger partial charge >= 0.3 is 11.9 Å². The Labute approximate surface area is 132 Å². The third kappa shape index (κ3) is 3.09. The van der Waals surface area contributed by atoms with Crippen LogP contribution in [0, 0.1) is 0 Å². The molecule has 124 valence electrons. The summed E-state index contributed by atoms with van der Waals surface area (Å²) in [5.41, 5.74) is 0.673. The van der Waals surface area contributed by atoms with Gasteiger partial charge in [0.2, 0.25) is 0 Å². The molecule has 1 aliphatic heterocycles. The summed E-state index contributed by atoms with van der Waals surface area (Å²) in [6.07, 6.45) is 1.07. The van der Waals surface area contributed by atoms with Gasteiger partial charge in [0, 0.05) is 18.7 Å². The molecule has 0 bridgehead atoms. The molecule has 0 fully saturated rings. The Hall–Kier alpha value is -2.30. The molecule has 2 N–H and O–H groups in total. The number of hydrogen-bond acceptors (Lipinski definition) is 8. The van der Waals surface area contributed by atoms with E-state index in [9.17, 15) is 23.2 Å². The van der Waals surface area contributed by atoms with Crippen molar-refractivity contribution in [2.45, 2.75) is 24.3 Å². The van der Waals surface area contributed by atoms with Crippen LogP contribution in [-0.2, 0) is 24.3 Å². The van der Waals surface area contributed by atoms with Crippen LogP contribution >= 0.6 is 0 Å². The molecule has 0 radical (unpaired) electrons. The minimum absolute atomic E-state index is 0.0753. The van der Waals surface area contributed by atoms with Gasteiger partial charge in [-0.3, -0.25) is 4.79 Å². The van der Waals surface area contributed by atoms with E-state index >= 15 is 0 Å². The van der Waals surface area contributed by atoms with Gasteiger partial charge in [-0.25, -0.2) is 13.2 Å². The summed E-state index contributed by atoms with van der Waals surface area (Å²) in [5, 5.41) is 13.7. The molecule has 1 heterocycles. The van der Waals surface area contributed by atoms with E-state index in [1.807, 2.05) is 5.48 Å². The summed E-state index contributed by atoms with van der Waals surface area (Å²) in [6.45, 7) is 2.45. The Morgan fingerprint density at radius 2 is 1.91 bits per heavy atom. The number of hydroxylamine groups is 2. The van der Waals surface area contributed by atoms with Crippen LogP contribution in [0.5, 0.6) is 0 Å². The van der Waals surface area contributed by atoms with Gasteiger partial charge in [-0.1, -0.05) is 12.1 Å². The van der Waals surface area contributed by atoms with Gasteiger partial charge in [-0.2, -0.15) is 5.48 Å². The minimum atomic E-state index is -3.37. The van der Waals surface area contributed by atoms with Gasteiger partial charge < -0.3 is 10.0 Å². The van der Waals surface area contributed by atoms with E-state index in [1.165, 1.54) is 31.2 Å². The number of hydrogen-bond donors (Lipinski definition) is 2. The molecular weight excluding hydrogens is 326 g/mol. The van der Waals surface area contributed by atoms with Crippen LogP contribution in [0.4, 0.5) is 0 Å². The molecule has 0 saturated carbocycles. The molecule has 1 unspecified atom stereocenters. The Bertz CT molecular complexity index is 786. The SMILES string of the molecule is CC(=O)ON1N=C(c2ccc(S(C)(=O)=O)cc2)C(C)(NO)C1=O. The van der Waals surface area contributed by atoms with Gasteiger partial charge in [0.15, 0.2) is 15.4 Å². The summed E-state index contributed by atoms with van der Waals surface area (Å²) in [4.78, 5) is 28.0. The molecule has 0 aromatic heterocycles. The largest absolute Gasteiger partial charge is 0.332 e. The highest BCUT2D eigenvalue weighted by molar-refractivity contribution is 7.90. The Balaban J connectivity index is 2.46. The number of carbonyl (C=O) groups is 2. The average molecular weight is 341 g/mol. The molecule has 0 saturated heterocycles. The number of carbonyl (C=O) groups excluding carboxylic acids is 2. The molecule has 2 rings (SSSR count). The van der Waals surface area contributed by atoms with E-state index in [0.717, 1.165) is 13.2 Å². The maximum Gasteiger partial charge on any atom is 0.332 e. The normalized spacial score (nSPS) is 21.3. The minimum Gasteiger partial charge on any atom is -0.316 e. The lowest BCUT2D eigenvalue weighted by molar-refractivity contribution is -0.197. The van der Waals surface area contributed by atoms with Crippen molar-refractivity contribution in [3.05, 3.63) is 29.8 Å². The molecule has 1 aliphatic rings. The van der Waals surface area contributed by atoms with Crippen molar-refractivity contribution in [3.63, 3.8) is 0 Å². The van der Waals surface area contributed by atoms with Gasteiger partial charge in [0.25, 0.3) is 0 Å². The Kier molecular flexibility index (Phi) is 4.24. The zero-order valence-corrected chi connectivity index (χ0v) is 13.4. The van der Waals surface area contributed by atoms with E-state index in [2.05, 4.69) is 9.94 Å². The maximum absolute atomic E-state index is 12.2. The molecule has 1 aromatic carbocycles. The van der Waals surface area contributed by atoms with Crippen LogP contribution in [0.15, 0.2) is 34.3 Å². The molecule has 0 spiro atoms. The van der Waals surface area contributed by atoms with Crippen molar-refractivity contribution >= 4 is 27.4 Å². The number of sulfone groups is 1. The molecule has 1 aromatic rings. The second kappa shape index (κ2) is 5.72. The third-order valence-corrected chi connectivity index (χ3v) is 4.39. The lowest BCUT2D eigenvalue weighted by Gasteiger charge is -2.21. The highest BCUT2D eigenvalue weighted by atomic mass is 32.2. The predicted molar refractivity (Wildman–Crippen MR) is 78.0 cm³/mol. The zero-order valence-electron chi connectivity index (χ0n) is 12.6. The van der Waals surface area contributed by atoms with Crippen LogP contribution in [0.3, 0.4) is 0 Å². The van der Waals surface area contributed by atoms with Gasteiger partial charge in [0.1, 0.15) is 5.71 Å². The van der Waals surface area contributed by atoms with Crippen LogP contribution in [0.1, 0.15) is 19.4 Å². The first-order valence-electron chi connectivity index (χ1n) is 6.43. The van der Waals surface area contributed by atoms with Crippen molar-refractivity contribution in [2.24, 2.45) is 5.10 Å². The topological polar surface area (TPSA) is 125 Å². The maximum atomic E-state index is 12.2. The molecule has 23 heavy (non-hydrogen) atoms. The highest BCUT2D eigenvalue weighted by Gasteiger charge is 2.49.